The molecule has 0 saturated carbocycles. The number of piperidine rings is 1. The second-order valence-corrected chi connectivity index (χ2v) is 6.65. The Morgan fingerprint density at radius 3 is 2.64 bits per heavy atom. The summed E-state index contributed by atoms with van der Waals surface area (Å²) >= 11 is 0. The van der Waals surface area contributed by atoms with Crippen LogP contribution in [-0.2, 0) is 19.1 Å². The lowest BCUT2D eigenvalue weighted by Gasteiger charge is -2.30. The van der Waals surface area contributed by atoms with E-state index in [-0.39, 0.29) is 18.4 Å². The van der Waals surface area contributed by atoms with Crippen LogP contribution < -0.4 is 5.32 Å². The van der Waals surface area contributed by atoms with Gasteiger partial charge in [0.25, 0.3) is 5.91 Å². The highest BCUT2D eigenvalue weighted by Crippen LogP contribution is 2.26. The second-order valence-electron chi connectivity index (χ2n) is 6.65. The Morgan fingerprint density at radius 2 is 1.93 bits per heavy atom. The number of esters is 1. The smallest absolute Gasteiger partial charge is 0.311 e. The molecule has 0 aliphatic carbocycles. The Labute approximate surface area is 162 Å². The number of nitrogens with one attached hydrogen (secondary N) is 1. The van der Waals surface area contributed by atoms with Crippen molar-refractivity contribution in [1.82, 2.24) is 10.2 Å². The van der Waals surface area contributed by atoms with Gasteiger partial charge in [0.05, 0.1) is 12.5 Å². The van der Waals surface area contributed by atoms with Crippen molar-refractivity contribution in [3.8, 4) is 0 Å². The Kier molecular flexibility index (Phi) is 6.13. The summed E-state index contributed by atoms with van der Waals surface area (Å²) in [5.74, 6) is -2.28. The highest BCUT2D eigenvalue weighted by Gasteiger charge is 2.31. The SMILES string of the molecule is CCOC(=O)C1CCN(C(=O)C(=O)NCC2N=NC(=O)c3ccccc32)CC1. The van der Waals surface area contributed by atoms with Crippen molar-refractivity contribution in [2.24, 2.45) is 16.1 Å². The summed E-state index contributed by atoms with van der Waals surface area (Å²) in [4.78, 5) is 49.6. The Bertz CT molecular complexity index is 814. The van der Waals surface area contributed by atoms with E-state index < -0.39 is 23.8 Å². The molecule has 2 heterocycles. The van der Waals surface area contributed by atoms with Gasteiger partial charge in [0.15, 0.2) is 0 Å². The number of fused-ring (bicyclic) bond motifs is 1. The summed E-state index contributed by atoms with van der Waals surface area (Å²) < 4.78 is 5.00. The number of hydrogen-bond acceptors (Lipinski definition) is 6. The number of likely N-dealkylation sites (tertiary alicyclic amines) is 1. The molecule has 1 saturated heterocycles. The van der Waals surface area contributed by atoms with Crippen LogP contribution in [0.1, 0.15) is 41.7 Å². The van der Waals surface area contributed by atoms with E-state index in [1.54, 1.807) is 31.2 Å². The predicted octanol–water partition coefficient (Wildman–Crippen LogP) is 1.25. The van der Waals surface area contributed by atoms with Gasteiger partial charge in [-0.2, -0.15) is 5.11 Å². The van der Waals surface area contributed by atoms with E-state index in [2.05, 4.69) is 15.5 Å². The molecule has 1 atom stereocenters. The van der Waals surface area contributed by atoms with Gasteiger partial charge < -0.3 is 15.0 Å². The largest absolute Gasteiger partial charge is 0.466 e. The molecule has 1 aromatic carbocycles. The number of rotatable bonds is 4. The van der Waals surface area contributed by atoms with E-state index in [0.29, 0.717) is 43.7 Å². The molecule has 2 aliphatic heterocycles. The van der Waals surface area contributed by atoms with Crippen LogP contribution in [0.5, 0.6) is 0 Å². The molecule has 28 heavy (non-hydrogen) atoms. The lowest BCUT2D eigenvalue weighted by molar-refractivity contribution is -0.152. The molecular weight excluding hydrogens is 364 g/mol. The van der Waals surface area contributed by atoms with Gasteiger partial charge in [-0.1, -0.05) is 18.2 Å². The zero-order chi connectivity index (χ0) is 20.1. The molecular formula is C19H22N4O5. The standard InChI is InChI=1S/C19H22N4O5/c1-2-28-19(27)12-7-9-23(10-8-12)18(26)17(25)20-11-15-13-5-3-4-6-14(13)16(24)22-21-15/h3-6,12,15H,2,7-11H2,1H3,(H,20,25). The quantitative estimate of drug-likeness (QED) is 0.617. The molecule has 0 aromatic heterocycles. The number of carbonyl (C=O) groups is 4. The minimum Gasteiger partial charge on any atom is -0.466 e. The first-order chi connectivity index (χ1) is 13.5. The molecule has 1 N–H and O–H groups in total. The fraction of sp³-hybridized carbons (Fsp3) is 0.474. The minimum atomic E-state index is -0.737. The van der Waals surface area contributed by atoms with Crippen molar-refractivity contribution < 1.29 is 23.9 Å². The summed E-state index contributed by atoms with van der Waals surface area (Å²) in [6.07, 6.45) is 0.953. The number of azo groups is 1. The maximum absolute atomic E-state index is 12.4. The Balaban J connectivity index is 1.52. The van der Waals surface area contributed by atoms with Crippen LogP contribution in [0.2, 0.25) is 0 Å². The number of amides is 3. The van der Waals surface area contributed by atoms with Gasteiger partial charge in [-0.15, -0.1) is 5.11 Å². The summed E-state index contributed by atoms with van der Waals surface area (Å²) in [5.41, 5.74) is 1.12. The van der Waals surface area contributed by atoms with Crippen LogP contribution in [0, 0.1) is 5.92 Å². The van der Waals surface area contributed by atoms with Gasteiger partial charge in [-0.25, -0.2) is 0 Å². The van der Waals surface area contributed by atoms with E-state index in [0.717, 1.165) is 0 Å². The van der Waals surface area contributed by atoms with E-state index in [1.807, 2.05) is 0 Å². The molecule has 1 unspecified atom stereocenters. The van der Waals surface area contributed by atoms with Crippen LogP contribution in [0.25, 0.3) is 0 Å². The fourth-order valence-electron chi connectivity index (χ4n) is 3.36. The van der Waals surface area contributed by atoms with Crippen molar-refractivity contribution in [1.29, 1.82) is 0 Å². The molecule has 148 valence electrons. The van der Waals surface area contributed by atoms with Gasteiger partial charge >= 0.3 is 17.8 Å². The number of benzene rings is 1. The summed E-state index contributed by atoms with van der Waals surface area (Å²) in [6, 6.07) is 6.41. The van der Waals surface area contributed by atoms with E-state index >= 15 is 0 Å². The average molecular weight is 386 g/mol. The van der Waals surface area contributed by atoms with Crippen molar-refractivity contribution >= 4 is 23.7 Å². The van der Waals surface area contributed by atoms with E-state index in [4.69, 9.17) is 4.74 Å². The number of nitrogens with zero attached hydrogens (tertiary/aromatic N) is 3. The molecule has 3 amide bonds. The van der Waals surface area contributed by atoms with Crippen LogP contribution in [0.15, 0.2) is 34.5 Å². The first-order valence-electron chi connectivity index (χ1n) is 9.29. The van der Waals surface area contributed by atoms with E-state index in [9.17, 15) is 19.2 Å². The maximum Gasteiger partial charge on any atom is 0.311 e. The summed E-state index contributed by atoms with van der Waals surface area (Å²) in [6.45, 7) is 2.80. The fourth-order valence-corrected chi connectivity index (χ4v) is 3.36. The van der Waals surface area contributed by atoms with Crippen LogP contribution in [0.3, 0.4) is 0 Å². The van der Waals surface area contributed by atoms with Crippen molar-refractivity contribution in [2.45, 2.75) is 25.8 Å². The third kappa shape index (κ3) is 4.24. The topological polar surface area (TPSA) is 118 Å². The Morgan fingerprint density at radius 1 is 1.21 bits per heavy atom. The van der Waals surface area contributed by atoms with Crippen molar-refractivity contribution in [2.75, 3.05) is 26.2 Å². The molecule has 3 rings (SSSR count). The number of carbonyl (C=O) groups excluding carboxylic acids is 4. The maximum atomic E-state index is 12.4. The molecule has 9 nitrogen and oxygen atoms in total. The molecule has 0 spiro atoms. The first kappa shape index (κ1) is 19.7. The zero-order valence-corrected chi connectivity index (χ0v) is 15.6. The first-order valence-corrected chi connectivity index (χ1v) is 9.29. The van der Waals surface area contributed by atoms with Gasteiger partial charge in [-0.3, -0.25) is 19.2 Å². The molecule has 1 aromatic rings. The second kappa shape index (κ2) is 8.73. The highest BCUT2D eigenvalue weighted by atomic mass is 16.5. The van der Waals surface area contributed by atoms with Gasteiger partial charge in [0.2, 0.25) is 0 Å². The molecule has 1 fully saturated rings. The summed E-state index contributed by atoms with van der Waals surface area (Å²) in [7, 11) is 0. The van der Waals surface area contributed by atoms with Crippen LogP contribution >= 0.6 is 0 Å². The lowest BCUT2D eigenvalue weighted by atomic mass is 9.97. The van der Waals surface area contributed by atoms with Crippen molar-refractivity contribution in [3.63, 3.8) is 0 Å². The summed E-state index contributed by atoms with van der Waals surface area (Å²) in [5, 5.41) is 10.1. The molecule has 9 heteroatoms. The third-order valence-electron chi connectivity index (χ3n) is 4.89. The third-order valence-corrected chi connectivity index (χ3v) is 4.89. The van der Waals surface area contributed by atoms with Gasteiger partial charge in [0, 0.05) is 25.2 Å². The van der Waals surface area contributed by atoms with Crippen molar-refractivity contribution in [3.05, 3.63) is 35.4 Å². The van der Waals surface area contributed by atoms with Gasteiger partial charge in [0.1, 0.15) is 6.04 Å². The molecule has 2 aliphatic rings. The predicted molar refractivity (Wildman–Crippen MR) is 97.3 cm³/mol. The van der Waals surface area contributed by atoms with Gasteiger partial charge in [-0.05, 0) is 31.4 Å². The van der Waals surface area contributed by atoms with Crippen LogP contribution in [0.4, 0.5) is 0 Å². The number of hydrogen-bond donors (Lipinski definition) is 1. The minimum absolute atomic E-state index is 0.0671. The normalized spacial score (nSPS) is 19.1. The Hall–Kier alpha value is -3.10. The average Bonchev–Trinajstić information content (AvgIpc) is 2.73. The van der Waals surface area contributed by atoms with Crippen LogP contribution in [-0.4, -0.2) is 54.8 Å². The lowest BCUT2D eigenvalue weighted by Crippen LogP contribution is -2.48. The zero-order valence-electron chi connectivity index (χ0n) is 15.6. The van der Waals surface area contributed by atoms with E-state index in [1.165, 1.54) is 4.90 Å². The number of ether oxygens (including phenoxy) is 1. The molecule has 0 radical (unpaired) electrons. The monoisotopic (exact) mass is 386 g/mol. The molecule has 0 bridgehead atoms. The highest BCUT2D eigenvalue weighted by molar-refractivity contribution is 6.35.